The van der Waals surface area contributed by atoms with Crippen LogP contribution >= 0.6 is 0 Å². The van der Waals surface area contributed by atoms with Gasteiger partial charge in [0, 0.05) is 23.5 Å². The van der Waals surface area contributed by atoms with E-state index in [0.29, 0.717) is 5.82 Å². The molecule has 18 heavy (non-hydrogen) atoms. The van der Waals surface area contributed by atoms with Crippen LogP contribution in [0.4, 0.5) is 0 Å². The lowest BCUT2D eigenvalue weighted by atomic mass is 9.97. The van der Waals surface area contributed by atoms with E-state index < -0.39 is 0 Å². The molecule has 1 aliphatic rings. The predicted octanol–water partition coefficient (Wildman–Crippen LogP) is 2.02. The molecule has 0 amide bonds. The summed E-state index contributed by atoms with van der Waals surface area (Å²) in [6.45, 7) is 2.00. The van der Waals surface area contributed by atoms with E-state index in [1.54, 1.807) is 12.4 Å². The first-order valence-electron chi connectivity index (χ1n) is 6.29. The van der Waals surface area contributed by atoms with Gasteiger partial charge >= 0.3 is 0 Å². The molecule has 0 spiro atoms. The van der Waals surface area contributed by atoms with E-state index in [1.165, 1.54) is 0 Å². The van der Waals surface area contributed by atoms with Crippen molar-refractivity contribution in [1.29, 1.82) is 0 Å². The molecule has 0 fully saturated rings. The number of aromatic nitrogens is 3. The molecule has 4 heteroatoms. The smallest absolute Gasteiger partial charge is 0.254 e. The van der Waals surface area contributed by atoms with Crippen molar-refractivity contribution in [3.63, 3.8) is 0 Å². The summed E-state index contributed by atoms with van der Waals surface area (Å²) in [4.78, 5) is 23.7. The quantitative estimate of drug-likeness (QED) is 0.831. The Bertz CT molecular complexity index is 646. The number of fused-ring (bicyclic) bond motifs is 1. The highest BCUT2D eigenvalue weighted by Crippen LogP contribution is 2.21. The maximum Gasteiger partial charge on any atom is 0.254 e. The van der Waals surface area contributed by atoms with Gasteiger partial charge in [0.1, 0.15) is 5.82 Å². The molecule has 0 radical (unpaired) electrons. The van der Waals surface area contributed by atoms with Crippen LogP contribution in [-0.4, -0.2) is 15.0 Å². The third kappa shape index (κ3) is 1.83. The van der Waals surface area contributed by atoms with E-state index in [9.17, 15) is 4.79 Å². The molecular formula is C14H15N3O. The number of pyridine rings is 1. The second kappa shape index (κ2) is 4.37. The number of hydrogen-bond donors (Lipinski definition) is 1. The third-order valence-electron chi connectivity index (χ3n) is 3.49. The molecule has 3 rings (SSSR count). The standard InChI is InChI=1S/C14H15N3O/c1-9-6-7-15-8-11(9)13-16-12-5-3-2-4-10(12)14(18)17-13/h6-8H,2-5H2,1H3,(H,16,17,18). The number of hydrogen-bond acceptors (Lipinski definition) is 3. The highest BCUT2D eigenvalue weighted by molar-refractivity contribution is 5.58. The lowest BCUT2D eigenvalue weighted by molar-refractivity contribution is 0.657. The van der Waals surface area contributed by atoms with Crippen LogP contribution in [-0.2, 0) is 12.8 Å². The molecule has 4 nitrogen and oxygen atoms in total. The largest absolute Gasteiger partial charge is 0.306 e. The molecule has 0 saturated carbocycles. The van der Waals surface area contributed by atoms with Crippen molar-refractivity contribution in [2.75, 3.05) is 0 Å². The average molecular weight is 241 g/mol. The number of aromatic amines is 1. The Labute approximate surface area is 105 Å². The van der Waals surface area contributed by atoms with Crippen molar-refractivity contribution < 1.29 is 0 Å². The summed E-state index contributed by atoms with van der Waals surface area (Å²) in [7, 11) is 0. The first-order valence-corrected chi connectivity index (χ1v) is 6.29. The molecule has 0 saturated heterocycles. The van der Waals surface area contributed by atoms with Crippen molar-refractivity contribution in [3.8, 4) is 11.4 Å². The zero-order valence-corrected chi connectivity index (χ0v) is 10.4. The minimum Gasteiger partial charge on any atom is -0.306 e. The van der Waals surface area contributed by atoms with Gasteiger partial charge in [0.05, 0.1) is 5.69 Å². The summed E-state index contributed by atoms with van der Waals surface area (Å²) in [5.74, 6) is 0.645. The highest BCUT2D eigenvalue weighted by atomic mass is 16.1. The van der Waals surface area contributed by atoms with Crippen LogP contribution in [0.15, 0.2) is 23.3 Å². The Balaban J connectivity index is 2.17. The third-order valence-corrected chi connectivity index (χ3v) is 3.49. The van der Waals surface area contributed by atoms with E-state index in [4.69, 9.17) is 0 Å². The van der Waals surface area contributed by atoms with Crippen LogP contribution in [0.1, 0.15) is 29.7 Å². The summed E-state index contributed by atoms with van der Waals surface area (Å²) >= 11 is 0. The average Bonchev–Trinajstić information content (AvgIpc) is 2.39. The fourth-order valence-electron chi connectivity index (χ4n) is 2.44. The van der Waals surface area contributed by atoms with E-state index in [1.807, 2.05) is 13.0 Å². The number of H-pyrrole nitrogens is 1. The summed E-state index contributed by atoms with van der Waals surface area (Å²) in [6, 6.07) is 1.93. The number of nitrogens with zero attached hydrogens (tertiary/aromatic N) is 2. The van der Waals surface area contributed by atoms with Gasteiger partial charge in [0.2, 0.25) is 0 Å². The van der Waals surface area contributed by atoms with Crippen LogP contribution < -0.4 is 5.56 Å². The SMILES string of the molecule is Cc1ccncc1-c1nc2c(c(=O)[nH]1)CCCC2. The maximum atomic E-state index is 12.1. The van der Waals surface area contributed by atoms with Gasteiger partial charge in [-0.3, -0.25) is 9.78 Å². The van der Waals surface area contributed by atoms with Gasteiger partial charge in [-0.2, -0.15) is 0 Å². The molecule has 1 N–H and O–H groups in total. The number of aryl methyl sites for hydroxylation is 2. The van der Waals surface area contributed by atoms with E-state index in [-0.39, 0.29) is 5.56 Å². The summed E-state index contributed by atoms with van der Waals surface area (Å²) in [6.07, 6.45) is 7.46. The Hall–Kier alpha value is -1.97. The minimum absolute atomic E-state index is 0.0120. The van der Waals surface area contributed by atoms with Crippen LogP contribution in [0.3, 0.4) is 0 Å². The second-order valence-corrected chi connectivity index (χ2v) is 4.74. The van der Waals surface area contributed by atoms with E-state index >= 15 is 0 Å². The van der Waals surface area contributed by atoms with E-state index in [2.05, 4.69) is 15.0 Å². The minimum atomic E-state index is 0.0120. The van der Waals surface area contributed by atoms with Gasteiger partial charge in [0.25, 0.3) is 5.56 Å². The summed E-state index contributed by atoms with van der Waals surface area (Å²) in [5.41, 5.74) is 3.82. The van der Waals surface area contributed by atoms with Gasteiger partial charge in [-0.1, -0.05) is 0 Å². The van der Waals surface area contributed by atoms with Crippen molar-refractivity contribution in [2.24, 2.45) is 0 Å². The van der Waals surface area contributed by atoms with Crippen LogP contribution in [0.5, 0.6) is 0 Å². The molecule has 0 aliphatic heterocycles. The first kappa shape index (κ1) is 11.1. The molecule has 1 aliphatic carbocycles. The van der Waals surface area contributed by atoms with Crippen molar-refractivity contribution in [1.82, 2.24) is 15.0 Å². The topological polar surface area (TPSA) is 58.6 Å². The fourth-order valence-corrected chi connectivity index (χ4v) is 2.44. The zero-order chi connectivity index (χ0) is 12.5. The van der Waals surface area contributed by atoms with Crippen LogP contribution in [0.2, 0.25) is 0 Å². The monoisotopic (exact) mass is 241 g/mol. The van der Waals surface area contributed by atoms with Gasteiger partial charge in [0.15, 0.2) is 0 Å². The Morgan fingerprint density at radius 1 is 1.28 bits per heavy atom. The first-order chi connectivity index (χ1) is 8.75. The zero-order valence-electron chi connectivity index (χ0n) is 10.4. The summed E-state index contributed by atoms with van der Waals surface area (Å²) < 4.78 is 0. The Morgan fingerprint density at radius 3 is 2.94 bits per heavy atom. The molecule has 0 unspecified atom stereocenters. The molecular weight excluding hydrogens is 226 g/mol. The van der Waals surface area contributed by atoms with E-state index in [0.717, 1.165) is 48.1 Å². The number of rotatable bonds is 1. The van der Waals surface area contributed by atoms with Crippen LogP contribution in [0.25, 0.3) is 11.4 Å². The van der Waals surface area contributed by atoms with Gasteiger partial charge in [-0.25, -0.2) is 4.98 Å². The predicted molar refractivity (Wildman–Crippen MR) is 69.5 cm³/mol. The molecule has 2 aromatic heterocycles. The van der Waals surface area contributed by atoms with Crippen LogP contribution in [0, 0.1) is 6.92 Å². The molecule has 2 heterocycles. The highest BCUT2D eigenvalue weighted by Gasteiger charge is 2.16. The summed E-state index contributed by atoms with van der Waals surface area (Å²) in [5, 5.41) is 0. The lowest BCUT2D eigenvalue weighted by Gasteiger charge is -2.15. The Morgan fingerprint density at radius 2 is 2.11 bits per heavy atom. The van der Waals surface area contributed by atoms with Gasteiger partial charge in [-0.15, -0.1) is 0 Å². The lowest BCUT2D eigenvalue weighted by Crippen LogP contribution is -2.21. The molecule has 0 atom stereocenters. The number of nitrogens with one attached hydrogen (secondary N) is 1. The Kier molecular flexibility index (Phi) is 2.70. The molecule has 92 valence electrons. The van der Waals surface area contributed by atoms with Gasteiger partial charge < -0.3 is 4.98 Å². The molecule has 0 aromatic carbocycles. The van der Waals surface area contributed by atoms with Crippen molar-refractivity contribution in [2.45, 2.75) is 32.6 Å². The van der Waals surface area contributed by atoms with Crippen molar-refractivity contribution >= 4 is 0 Å². The molecule has 0 bridgehead atoms. The second-order valence-electron chi connectivity index (χ2n) is 4.74. The van der Waals surface area contributed by atoms with Gasteiger partial charge in [-0.05, 0) is 44.2 Å². The normalized spacial score (nSPS) is 14.3. The fraction of sp³-hybridized carbons (Fsp3) is 0.357. The maximum absolute atomic E-state index is 12.1. The van der Waals surface area contributed by atoms with Crippen molar-refractivity contribution in [3.05, 3.63) is 45.6 Å². The molecule has 2 aromatic rings.